The van der Waals surface area contributed by atoms with E-state index in [9.17, 15) is 0 Å². The number of hydrogen-bond acceptors (Lipinski definition) is 1. The van der Waals surface area contributed by atoms with Gasteiger partial charge >= 0.3 is 0 Å². The van der Waals surface area contributed by atoms with E-state index in [4.69, 9.17) is 0 Å². The minimum Gasteiger partial charge on any atom is -0.300 e. The lowest BCUT2D eigenvalue weighted by molar-refractivity contribution is 0.0809. The minimum absolute atomic E-state index is 0.556. The van der Waals surface area contributed by atoms with E-state index in [-0.39, 0.29) is 0 Å². The van der Waals surface area contributed by atoms with Gasteiger partial charge in [-0.1, -0.05) is 27.2 Å². The van der Waals surface area contributed by atoms with Crippen LogP contribution in [0, 0.1) is 5.41 Å². The molecule has 0 aromatic heterocycles. The highest BCUT2D eigenvalue weighted by molar-refractivity contribution is 4.82. The summed E-state index contributed by atoms with van der Waals surface area (Å²) in [7, 11) is 0. The summed E-state index contributed by atoms with van der Waals surface area (Å²) >= 11 is 0. The zero-order valence-electron chi connectivity index (χ0n) is 9.77. The molecule has 0 N–H and O–H groups in total. The van der Waals surface area contributed by atoms with Crippen LogP contribution in [0.4, 0.5) is 0 Å². The van der Waals surface area contributed by atoms with E-state index in [0.29, 0.717) is 5.41 Å². The van der Waals surface area contributed by atoms with E-state index in [1.807, 2.05) is 0 Å². The van der Waals surface area contributed by atoms with Gasteiger partial charge in [-0.3, -0.25) is 0 Å². The van der Waals surface area contributed by atoms with Crippen LogP contribution in [-0.4, -0.2) is 24.0 Å². The largest absolute Gasteiger partial charge is 0.300 e. The normalized spacial score (nSPS) is 25.8. The summed E-state index contributed by atoms with van der Waals surface area (Å²) in [4.78, 5) is 2.67. The molecule has 1 heteroatoms. The van der Waals surface area contributed by atoms with Crippen LogP contribution in [0.1, 0.15) is 53.4 Å². The monoisotopic (exact) mass is 183 g/mol. The van der Waals surface area contributed by atoms with Gasteiger partial charge in [0, 0.05) is 12.6 Å². The van der Waals surface area contributed by atoms with Gasteiger partial charge in [-0.15, -0.1) is 0 Å². The summed E-state index contributed by atoms with van der Waals surface area (Å²) in [6.07, 6.45) is 5.47. The molecule has 0 aromatic carbocycles. The summed E-state index contributed by atoms with van der Waals surface area (Å²) in [6, 6.07) is 0.796. The van der Waals surface area contributed by atoms with Crippen molar-refractivity contribution in [1.29, 1.82) is 0 Å². The van der Waals surface area contributed by atoms with E-state index < -0.39 is 0 Å². The summed E-state index contributed by atoms with van der Waals surface area (Å²) in [5.74, 6) is 0. The Kier molecular flexibility index (Phi) is 3.78. The van der Waals surface area contributed by atoms with Gasteiger partial charge in [0.25, 0.3) is 0 Å². The van der Waals surface area contributed by atoms with Crippen LogP contribution in [0.15, 0.2) is 0 Å². The maximum Gasteiger partial charge on any atom is 0.00670 e. The van der Waals surface area contributed by atoms with Crippen LogP contribution >= 0.6 is 0 Å². The number of rotatable bonds is 3. The molecule has 0 aromatic rings. The Morgan fingerprint density at radius 3 is 2.62 bits per heavy atom. The van der Waals surface area contributed by atoms with Crippen LogP contribution in [0.5, 0.6) is 0 Å². The van der Waals surface area contributed by atoms with Crippen molar-refractivity contribution in [3.63, 3.8) is 0 Å². The lowest BCUT2D eigenvalue weighted by atomic mass is 9.83. The van der Waals surface area contributed by atoms with Crippen molar-refractivity contribution in [3.05, 3.63) is 0 Å². The summed E-state index contributed by atoms with van der Waals surface area (Å²) in [5.41, 5.74) is 0.556. The molecule has 1 aliphatic rings. The van der Waals surface area contributed by atoms with Gasteiger partial charge in [0.2, 0.25) is 0 Å². The predicted octanol–water partition coefficient (Wildman–Crippen LogP) is 3.30. The van der Waals surface area contributed by atoms with Crippen molar-refractivity contribution < 1.29 is 0 Å². The molecule has 1 heterocycles. The molecule has 0 aliphatic carbocycles. The Hall–Kier alpha value is -0.0400. The molecule has 1 nitrogen and oxygen atoms in total. The third-order valence-electron chi connectivity index (χ3n) is 3.26. The first-order valence-electron chi connectivity index (χ1n) is 5.79. The van der Waals surface area contributed by atoms with Crippen molar-refractivity contribution in [3.8, 4) is 0 Å². The fourth-order valence-electron chi connectivity index (χ4n) is 2.45. The first-order chi connectivity index (χ1) is 6.05. The highest BCUT2D eigenvalue weighted by atomic mass is 15.2. The van der Waals surface area contributed by atoms with Gasteiger partial charge in [-0.05, 0) is 38.1 Å². The van der Waals surface area contributed by atoms with Crippen molar-refractivity contribution in [1.82, 2.24) is 4.90 Å². The molecule has 78 valence electrons. The first kappa shape index (κ1) is 11.0. The maximum atomic E-state index is 2.67. The second kappa shape index (κ2) is 4.45. The molecular formula is C12H25N. The number of nitrogens with zero attached hydrogens (tertiary/aromatic N) is 1. The van der Waals surface area contributed by atoms with Crippen LogP contribution < -0.4 is 0 Å². The SMILES string of the molecule is CCCC(C)N1CCCC(C)(C)C1. The average Bonchev–Trinajstić information content (AvgIpc) is 2.03. The fourth-order valence-corrected chi connectivity index (χ4v) is 2.45. The van der Waals surface area contributed by atoms with E-state index in [1.54, 1.807) is 0 Å². The zero-order valence-corrected chi connectivity index (χ0v) is 9.77. The molecule has 1 atom stereocenters. The van der Waals surface area contributed by atoms with E-state index in [0.717, 1.165) is 6.04 Å². The van der Waals surface area contributed by atoms with E-state index in [2.05, 4.69) is 32.6 Å². The van der Waals surface area contributed by atoms with Gasteiger partial charge < -0.3 is 4.90 Å². The van der Waals surface area contributed by atoms with Crippen LogP contribution in [-0.2, 0) is 0 Å². The average molecular weight is 183 g/mol. The Morgan fingerprint density at radius 2 is 2.08 bits per heavy atom. The molecule has 0 spiro atoms. The second-order valence-corrected chi connectivity index (χ2v) is 5.38. The van der Waals surface area contributed by atoms with Gasteiger partial charge in [0.05, 0.1) is 0 Å². The highest BCUT2D eigenvalue weighted by Crippen LogP contribution is 2.29. The maximum absolute atomic E-state index is 2.67. The Bertz CT molecular complexity index is 151. The molecule has 1 fully saturated rings. The van der Waals surface area contributed by atoms with Crippen LogP contribution in [0.2, 0.25) is 0 Å². The quantitative estimate of drug-likeness (QED) is 0.649. The third kappa shape index (κ3) is 3.30. The van der Waals surface area contributed by atoms with Crippen LogP contribution in [0.3, 0.4) is 0 Å². The molecule has 0 saturated carbocycles. The number of likely N-dealkylation sites (tertiary alicyclic amines) is 1. The van der Waals surface area contributed by atoms with Crippen molar-refractivity contribution in [2.24, 2.45) is 5.41 Å². The third-order valence-corrected chi connectivity index (χ3v) is 3.26. The fraction of sp³-hybridized carbons (Fsp3) is 1.00. The summed E-state index contributed by atoms with van der Waals surface area (Å²) in [5, 5.41) is 0. The number of hydrogen-bond donors (Lipinski definition) is 0. The smallest absolute Gasteiger partial charge is 0.00670 e. The second-order valence-electron chi connectivity index (χ2n) is 5.38. The van der Waals surface area contributed by atoms with Gasteiger partial charge in [-0.2, -0.15) is 0 Å². The highest BCUT2D eigenvalue weighted by Gasteiger charge is 2.28. The lowest BCUT2D eigenvalue weighted by Gasteiger charge is -2.41. The molecular weight excluding hydrogens is 158 g/mol. The Morgan fingerprint density at radius 1 is 1.38 bits per heavy atom. The molecule has 1 aliphatic heterocycles. The van der Waals surface area contributed by atoms with Gasteiger partial charge in [0.1, 0.15) is 0 Å². The topological polar surface area (TPSA) is 3.24 Å². The van der Waals surface area contributed by atoms with Crippen molar-refractivity contribution >= 4 is 0 Å². The van der Waals surface area contributed by atoms with Gasteiger partial charge in [0.15, 0.2) is 0 Å². The molecule has 1 rings (SSSR count). The number of piperidine rings is 1. The molecule has 0 bridgehead atoms. The molecule has 0 amide bonds. The summed E-state index contributed by atoms with van der Waals surface area (Å²) in [6.45, 7) is 12.1. The molecule has 13 heavy (non-hydrogen) atoms. The van der Waals surface area contributed by atoms with Crippen LogP contribution in [0.25, 0.3) is 0 Å². The summed E-state index contributed by atoms with van der Waals surface area (Å²) < 4.78 is 0. The Labute approximate surface area is 83.5 Å². The minimum atomic E-state index is 0.556. The van der Waals surface area contributed by atoms with E-state index >= 15 is 0 Å². The standard InChI is InChI=1S/C12H25N/c1-5-7-11(2)13-9-6-8-12(3,4)10-13/h11H,5-10H2,1-4H3. The van der Waals surface area contributed by atoms with E-state index in [1.165, 1.54) is 38.8 Å². The predicted molar refractivity (Wildman–Crippen MR) is 59.0 cm³/mol. The molecule has 1 saturated heterocycles. The Balaban J connectivity index is 2.42. The van der Waals surface area contributed by atoms with Crippen molar-refractivity contribution in [2.75, 3.05) is 13.1 Å². The lowest BCUT2D eigenvalue weighted by Crippen LogP contribution is -2.44. The van der Waals surface area contributed by atoms with Gasteiger partial charge in [-0.25, -0.2) is 0 Å². The molecule has 0 radical (unpaired) electrons. The molecule has 1 unspecified atom stereocenters. The zero-order chi connectivity index (χ0) is 9.90. The van der Waals surface area contributed by atoms with Crippen molar-refractivity contribution in [2.45, 2.75) is 59.4 Å². The first-order valence-corrected chi connectivity index (χ1v) is 5.79.